The van der Waals surface area contributed by atoms with Crippen molar-refractivity contribution in [3.63, 3.8) is 0 Å². The van der Waals surface area contributed by atoms with Gasteiger partial charge in [0.15, 0.2) is 11.8 Å². The number of carbonyl (C=O) groups is 1. The number of aryl methyl sites for hydroxylation is 2. The summed E-state index contributed by atoms with van der Waals surface area (Å²) in [5.74, 6) is 1.22. The Bertz CT molecular complexity index is 1780. The summed E-state index contributed by atoms with van der Waals surface area (Å²) in [7, 11) is 1.40. The Balaban J connectivity index is 1.54. The lowest BCUT2D eigenvalue weighted by Crippen LogP contribution is -2.46. The molecule has 9 heteroatoms. The minimum absolute atomic E-state index is 0.0783. The number of benzene rings is 2. The first-order valence-electron chi connectivity index (χ1n) is 17.3. The van der Waals surface area contributed by atoms with Crippen molar-refractivity contribution in [1.29, 1.82) is 0 Å². The maximum absolute atomic E-state index is 13.4. The minimum Gasteiger partial charge on any atom is -0.490 e. The number of ether oxygens (including phenoxy) is 4. The third kappa shape index (κ3) is 7.22. The second-order valence-corrected chi connectivity index (χ2v) is 14.7. The summed E-state index contributed by atoms with van der Waals surface area (Å²) in [5.41, 5.74) is 6.24. The van der Waals surface area contributed by atoms with Gasteiger partial charge in [0, 0.05) is 42.6 Å². The van der Waals surface area contributed by atoms with Gasteiger partial charge >= 0.3 is 5.97 Å². The second-order valence-electron chi connectivity index (χ2n) is 14.7. The van der Waals surface area contributed by atoms with Gasteiger partial charge in [-0.3, -0.25) is 0 Å². The number of anilines is 1. The zero-order valence-electron chi connectivity index (χ0n) is 29.8. The molecule has 2 unspecified atom stereocenters. The summed E-state index contributed by atoms with van der Waals surface area (Å²) >= 11 is 0. The first-order chi connectivity index (χ1) is 22.8. The van der Waals surface area contributed by atoms with Crippen LogP contribution in [0.3, 0.4) is 0 Å². The fourth-order valence-electron chi connectivity index (χ4n) is 6.83. The molecular formula is C39H50N4O5. The molecular weight excluding hydrogens is 604 g/mol. The second kappa shape index (κ2) is 13.5. The highest BCUT2D eigenvalue weighted by atomic mass is 16.6. The van der Waals surface area contributed by atoms with Gasteiger partial charge in [0.2, 0.25) is 0 Å². The lowest BCUT2D eigenvalue weighted by Gasteiger charge is -2.41. The van der Waals surface area contributed by atoms with Gasteiger partial charge in [-0.15, -0.1) is 0 Å². The summed E-state index contributed by atoms with van der Waals surface area (Å²) in [6.07, 6.45) is 3.74. The van der Waals surface area contributed by atoms with E-state index in [1.54, 1.807) is 0 Å². The van der Waals surface area contributed by atoms with Crippen molar-refractivity contribution in [2.75, 3.05) is 31.7 Å². The number of fused-ring (bicyclic) bond motifs is 8. The SMILES string of the molecule is COC(=O)C(OC(C)(C)C)c1c(C)nc2cc3nn2c1N1CCC(C)(CC1)OCCCCC(C)Oc1cc(C)ccc1-c1cccc-3c1. The molecule has 0 radical (unpaired) electrons. The van der Waals surface area contributed by atoms with E-state index < -0.39 is 17.7 Å². The zero-order valence-corrected chi connectivity index (χ0v) is 29.8. The number of piperidine rings is 1. The molecule has 4 aromatic rings. The largest absolute Gasteiger partial charge is 0.490 e. The summed E-state index contributed by atoms with van der Waals surface area (Å²) in [6.45, 7) is 16.4. The molecule has 6 bridgehead atoms. The fraction of sp³-hybridized carbons (Fsp3) is 0.513. The topological polar surface area (TPSA) is 87.4 Å². The molecule has 2 aromatic heterocycles. The summed E-state index contributed by atoms with van der Waals surface area (Å²) in [5, 5.41) is 5.18. The highest BCUT2D eigenvalue weighted by Gasteiger charge is 2.38. The van der Waals surface area contributed by atoms with E-state index in [2.05, 4.69) is 68.1 Å². The van der Waals surface area contributed by atoms with Crippen molar-refractivity contribution < 1.29 is 23.7 Å². The summed E-state index contributed by atoms with van der Waals surface area (Å²) < 4.78 is 26.8. The van der Waals surface area contributed by atoms with Crippen LogP contribution in [0.15, 0.2) is 48.5 Å². The molecule has 48 heavy (non-hydrogen) atoms. The molecule has 0 amide bonds. The van der Waals surface area contributed by atoms with Crippen LogP contribution in [-0.2, 0) is 19.0 Å². The normalized spacial score (nSPS) is 21.1. The molecule has 5 heterocycles. The van der Waals surface area contributed by atoms with E-state index >= 15 is 0 Å². The highest BCUT2D eigenvalue weighted by molar-refractivity contribution is 5.81. The molecule has 0 saturated carbocycles. The van der Waals surface area contributed by atoms with Crippen molar-refractivity contribution >= 4 is 17.4 Å². The van der Waals surface area contributed by atoms with Crippen LogP contribution in [0.5, 0.6) is 5.75 Å². The molecule has 3 aliphatic heterocycles. The van der Waals surface area contributed by atoms with Crippen molar-refractivity contribution in [2.45, 2.75) is 104 Å². The molecule has 1 saturated heterocycles. The van der Waals surface area contributed by atoms with Crippen LogP contribution < -0.4 is 9.64 Å². The van der Waals surface area contributed by atoms with Crippen LogP contribution in [0.25, 0.3) is 28.0 Å². The van der Waals surface area contributed by atoms with E-state index in [1.807, 2.05) is 38.3 Å². The predicted molar refractivity (Wildman–Crippen MR) is 189 cm³/mol. The van der Waals surface area contributed by atoms with E-state index in [-0.39, 0.29) is 11.7 Å². The Kier molecular flexibility index (Phi) is 9.55. The molecule has 1 fully saturated rings. The number of methoxy groups -OCH3 is 1. The first kappa shape index (κ1) is 33.9. The van der Waals surface area contributed by atoms with Gasteiger partial charge < -0.3 is 23.8 Å². The molecule has 0 aliphatic carbocycles. The Hall–Kier alpha value is -3.95. The molecule has 2 aromatic carbocycles. The van der Waals surface area contributed by atoms with E-state index in [9.17, 15) is 4.79 Å². The zero-order chi connectivity index (χ0) is 34.2. The lowest BCUT2D eigenvalue weighted by molar-refractivity contribution is -0.164. The highest BCUT2D eigenvalue weighted by Crippen LogP contribution is 2.40. The van der Waals surface area contributed by atoms with Crippen molar-refractivity contribution in [3.8, 4) is 28.1 Å². The van der Waals surface area contributed by atoms with Crippen LogP contribution in [-0.4, -0.2) is 64.7 Å². The number of aromatic nitrogens is 3. The molecule has 9 nitrogen and oxygen atoms in total. The molecule has 3 aliphatic rings. The number of nitrogens with zero attached hydrogens (tertiary/aromatic N) is 4. The predicted octanol–water partition coefficient (Wildman–Crippen LogP) is 8.04. The first-order valence-corrected chi connectivity index (χ1v) is 17.3. The van der Waals surface area contributed by atoms with Gasteiger partial charge in [0.1, 0.15) is 11.6 Å². The van der Waals surface area contributed by atoms with Gasteiger partial charge in [-0.2, -0.15) is 9.61 Å². The number of rotatable bonds is 3. The van der Waals surface area contributed by atoms with Gasteiger partial charge in [0.25, 0.3) is 0 Å². The number of esters is 1. The smallest absolute Gasteiger partial charge is 0.339 e. The van der Waals surface area contributed by atoms with E-state index in [0.717, 1.165) is 84.7 Å². The van der Waals surface area contributed by atoms with Crippen LogP contribution in [0, 0.1) is 13.8 Å². The van der Waals surface area contributed by atoms with E-state index in [1.165, 1.54) is 7.11 Å². The molecule has 2 atom stereocenters. The van der Waals surface area contributed by atoms with Gasteiger partial charge in [-0.25, -0.2) is 9.78 Å². The number of carbonyl (C=O) groups excluding carboxylic acids is 1. The minimum atomic E-state index is -0.977. The maximum atomic E-state index is 13.4. The Morgan fingerprint density at radius 2 is 1.79 bits per heavy atom. The van der Waals surface area contributed by atoms with Crippen molar-refractivity contribution in [2.24, 2.45) is 0 Å². The van der Waals surface area contributed by atoms with E-state index in [0.29, 0.717) is 23.5 Å². The number of hydrogen-bond acceptors (Lipinski definition) is 8. The molecule has 256 valence electrons. The average molecular weight is 655 g/mol. The van der Waals surface area contributed by atoms with Gasteiger partial charge in [0.05, 0.1) is 35.7 Å². The molecule has 0 spiro atoms. The third-order valence-electron chi connectivity index (χ3n) is 9.46. The Morgan fingerprint density at radius 3 is 2.52 bits per heavy atom. The standard InChI is InChI=1S/C39H50N4O5/c1-25-15-16-30-28-13-11-14-29(23-28)31-24-33-40-27(3)34(35(37(44)45-8)48-38(4,5)6)36(43(33)41-31)42-19-17-39(7,18-20-42)46-21-10-9-12-26(2)47-32(30)22-25/h11,13-16,22-24,26,35H,9-10,12,17-21H2,1-8H3. The van der Waals surface area contributed by atoms with Crippen LogP contribution in [0.2, 0.25) is 0 Å². The Labute approximate surface area is 284 Å². The molecule has 7 rings (SSSR count). The molecule has 0 N–H and O–H groups in total. The van der Waals surface area contributed by atoms with Gasteiger partial charge in [-0.1, -0.05) is 30.3 Å². The van der Waals surface area contributed by atoms with E-state index in [4.69, 9.17) is 29.0 Å². The quantitative estimate of drug-likeness (QED) is 0.205. The van der Waals surface area contributed by atoms with Gasteiger partial charge in [-0.05, 0) is 104 Å². The van der Waals surface area contributed by atoms with Crippen LogP contribution in [0.1, 0.15) is 89.6 Å². The summed E-state index contributed by atoms with van der Waals surface area (Å²) in [6, 6.07) is 16.8. The van der Waals surface area contributed by atoms with Crippen molar-refractivity contribution in [1.82, 2.24) is 14.6 Å². The monoisotopic (exact) mass is 654 g/mol. The Morgan fingerprint density at radius 1 is 1.04 bits per heavy atom. The lowest BCUT2D eigenvalue weighted by atomic mass is 9.92. The fourth-order valence-corrected chi connectivity index (χ4v) is 6.83. The third-order valence-corrected chi connectivity index (χ3v) is 9.46. The van der Waals surface area contributed by atoms with Crippen LogP contribution >= 0.6 is 0 Å². The average Bonchev–Trinajstić information content (AvgIpc) is 3.46. The maximum Gasteiger partial charge on any atom is 0.339 e. The summed E-state index contributed by atoms with van der Waals surface area (Å²) in [4.78, 5) is 20.7. The van der Waals surface area contributed by atoms with Crippen molar-refractivity contribution in [3.05, 3.63) is 65.4 Å². The van der Waals surface area contributed by atoms with Crippen LogP contribution in [0.4, 0.5) is 5.82 Å². The number of hydrogen-bond donors (Lipinski definition) is 0.